The third-order valence-electron chi connectivity index (χ3n) is 6.90. The van der Waals surface area contributed by atoms with Gasteiger partial charge in [-0.1, -0.05) is 17.7 Å². The molecule has 3 N–H and O–H groups in total. The summed E-state index contributed by atoms with van der Waals surface area (Å²) in [5.74, 6) is 1.70. The normalized spacial score (nSPS) is 13.2. The van der Waals surface area contributed by atoms with Crippen molar-refractivity contribution in [1.82, 2.24) is 24.6 Å². The van der Waals surface area contributed by atoms with Crippen LogP contribution in [0.1, 0.15) is 47.1 Å². The number of ether oxygens (including phenoxy) is 1. The second-order valence-electron chi connectivity index (χ2n) is 9.65. The summed E-state index contributed by atoms with van der Waals surface area (Å²) < 4.78 is 8.19. The third kappa shape index (κ3) is 4.75. The van der Waals surface area contributed by atoms with Crippen LogP contribution in [0, 0.1) is 6.92 Å². The van der Waals surface area contributed by atoms with E-state index < -0.39 is 0 Å². The number of hydrogen-bond donors (Lipinski definition) is 2. The largest absolute Gasteiger partial charge is 0.493 e. The number of rotatable bonds is 7. The van der Waals surface area contributed by atoms with E-state index in [1.807, 2.05) is 49.7 Å². The molecule has 1 aromatic carbocycles. The van der Waals surface area contributed by atoms with Gasteiger partial charge >= 0.3 is 0 Å². The summed E-state index contributed by atoms with van der Waals surface area (Å²) in [6.07, 6.45) is 5.12. The Kier molecular flexibility index (Phi) is 7.44. The number of carbonyl (C=O) groups excluding carboxylic acids is 1. The van der Waals surface area contributed by atoms with E-state index in [-0.39, 0.29) is 11.9 Å². The van der Waals surface area contributed by atoms with Crippen LogP contribution in [0.2, 0.25) is 5.02 Å². The Morgan fingerprint density at radius 3 is 2.60 bits per heavy atom. The van der Waals surface area contributed by atoms with Crippen LogP contribution < -0.4 is 15.8 Å². The molecule has 0 bridgehead atoms. The number of amidine groups is 1. The third-order valence-corrected chi connectivity index (χ3v) is 7.30. The van der Waals surface area contributed by atoms with Gasteiger partial charge in [0.2, 0.25) is 0 Å². The molecule has 0 fully saturated rings. The smallest absolute Gasteiger partial charge is 0.271 e. The highest BCUT2D eigenvalue weighted by molar-refractivity contribution is 6.32. The quantitative estimate of drug-likeness (QED) is 0.335. The number of nitrogens with two attached hydrogens (primary N) is 1. The number of aromatic nitrogens is 4. The Hall–Kier alpha value is -4.44. The highest BCUT2D eigenvalue weighted by Gasteiger charge is 2.30. The monoisotopic (exact) mass is 558 g/mol. The summed E-state index contributed by atoms with van der Waals surface area (Å²) in [7, 11) is 3.39. The van der Waals surface area contributed by atoms with Crippen LogP contribution >= 0.6 is 11.6 Å². The molecule has 11 heteroatoms. The first-order valence-corrected chi connectivity index (χ1v) is 13.3. The Morgan fingerprint density at radius 2 is 1.95 bits per heavy atom. The molecule has 0 aliphatic carbocycles. The first-order chi connectivity index (χ1) is 19.2. The maximum absolute atomic E-state index is 12.4. The first-order valence-electron chi connectivity index (χ1n) is 12.9. The van der Waals surface area contributed by atoms with Crippen molar-refractivity contribution in [3.05, 3.63) is 76.3 Å². The van der Waals surface area contributed by atoms with E-state index in [2.05, 4.69) is 20.3 Å². The number of carbonyl (C=O) groups is 1. The zero-order chi connectivity index (χ0) is 28.6. The van der Waals surface area contributed by atoms with E-state index in [9.17, 15) is 4.79 Å². The molecule has 0 spiro atoms. The molecular formula is C29H31ClN8O2. The van der Waals surface area contributed by atoms with Gasteiger partial charge in [0.15, 0.2) is 0 Å². The van der Waals surface area contributed by atoms with Crippen LogP contribution in [0.4, 0.5) is 5.82 Å². The minimum absolute atomic E-state index is 0.169. The maximum Gasteiger partial charge on any atom is 0.271 e. The summed E-state index contributed by atoms with van der Waals surface area (Å²) in [4.78, 5) is 26.9. The highest BCUT2D eigenvalue weighted by Crippen LogP contribution is 2.44. The fourth-order valence-electron chi connectivity index (χ4n) is 4.85. The molecule has 1 aliphatic heterocycles. The molecule has 0 radical (unpaired) electrons. The lowest BCUT2D eigenvalue weighted by Gasteiger charge is -2.24. The Morgan fingerprint density at radius 1 is 1.20 bits per heavy atom. The van der Waals surface area contributed by atoms with Crippen LogP contribution in [0.3, 0.4) is 0 Å². The molecule has 206 valence electrons. The van der Waals surface area contributed by atoms with Crippen LogP contribution in [0.15, 0.2) is 53.9 Å². The summed E-state index contributed by atoms with van der Waals surface area (Å²) in [6.45, 7) is 6.71. The SMILES string of the molecule is CCOc1c(C(C)n2nc(-c3ccncc3)c3c2NCN=C3N)cc(Cl)c(C)c1-c1ccc(C(=O)N(C)C)nc1. The van der Waals surface area contributed by atoms with E-state index in [0.29, 0.717) is 41.3 Å². The molecule has 4 heterocycles. The topological polar surface area (TPSA) is 124 Å². The van der Waals surface area contributed by atoms with E-state index in [1.54, 1.807) is 38.8 Å². The maximum atomic E-state index is 12.4. The van der Waals surface area contributed by atoms with Crippen molar-refractivity contribution in [2.75, 3.05) is 32.7 Å². The zero-order valence-electron chi connectivity index (χ0n) is 23.1. The lowest BCUT2D eigenvalue weighted by atomic mass is 9.94. The van der Waals surface area contributed by atoms with Gasteiger partial charge in [0, 0.05) is 60.0 Å². The van der Waals surface area contributed by atoms with Crippen LogP contribution in [-0.2, 0) is 0 Å². The molecule has 10 nitrogen and oxygen atoms in total. The van der Waals surface area contributed by atoms with Crippen LogP contribution in [0.25, 0.3) is 22.4 Å². The zero-order valence-corrected chi connectivity index (χ0v) is 23.8. The Balaban J connectivity index is 1.67. The fourth-order valence-corrected chi connectivity index (χ4v) is 5.06. The van der Waals surface area contributed by atoms with E-state index in [4.69, 9.17) is 27.2 Å². The van der Waals surface area contributed by atoms with E-state index in [0.717, 1.165) is 39.2 Å². The lowest BCUT2D eigenvalue weighted by molar-refractivity contribution is 0.0822. The molecule has 1 atom stereocenters. The van der Waals surface area contributed by atoms with Gasteiger partial charge in [0.05, 0.1) is 18.2 Å². The molecular weight excluding hydrogens is 528 g/mol. The average molecular weight is 559 g/mol. The number of nitrogens with zero attached hydrogens (tertiary/aromatic N) is 6. The minimum atomic E-state index is -0.302. The van der Waals surface area contributed by atoms with E-state index in [1.165, 1.54) is 4.90 Å². The lowest BCUT2D eigenvalue weighted by Crippen LogP contribution is -2.24. The van der Waals surface area contributed by atoms with Crippen LogP contribution in [-0.4, -0.2) is 63.8 Å². The summed E-state index contributed by atoms with van der Waals surface area (Å²) in [5, 5.41) is 8.94. The van der Waals surface area contributed by atoms with Crippen molar-refractivity contribution in [3.63, 3.8) is 0 Å². The predicted octanol–water partition coefficient (Wildman–Crippen LogP) is 4.77. The molecule has 5 rings (SSSR count). The van der Waals surface area contributed by atoms with Gasteiger partial charge < -0.3 is 20.7 Å². The molecule has 4 aromatic rings. The van der Waals surface area contributed by atoms with Crippen molar-refractivity contribution in [2.45, 2.75) is 26.8 Å². The number of amides is 1. The fraction of sp³-hybridized carbons (Fsp3) is 0.276. The minimum Gasteiger partial charge on any atom is -0.493 e. The molecule has 0 saturated carbocycles. The first kappa shape index (κ1) is 27.1. The van der Waals surface area contributed by atoms with Crippen LogP contribution in [0.5, 0.6) is 5.75 Å². The Labute approximate surface area is 237 Å². The van der Waals surface area contributed by atoms with Gasteiger partial charge in [-0.3, -0.25) is 14.8 Å². The van der Waals surface area contributed by atoms with Gasteiger partial charge in [-0.25, -0.2) is 9.67 Å². The van der Waals surface area contributed by atoms with Crippen molar-refractivity contribution < 1.29 is 9.53 Å². The molecule has 1 amide bonds. The number of benzene rings is 1. The van der Waals surface area contributed by atoms with Gasteiger partial charge in [0.25, 0.3) is 5.91 Å². The summed E-state index contributed by atoms with van der Waals surface area (Å²) in [5.41, 5.74) is 12.4. The number of hydrogen-bond acceptors (Lipinski definition) is 8. The average Bonchev–Trinajstić information content (AvgIpc) is 3.36. The number of aliphatic imine (C=N–C) groups is 1. The van der Waals surface area contributed by atoms with Crippen molar-refractivity contribution >= 4 is 29.2 Å². The second kappa shape index (κ2) is 11.0. The number of anilines is 1. The molecule has 0 saturated heterocycles. The molecule has 1 unspecified atom stereocenters. The van der Waals surface area contributed by atoms with Crippen molar-refractivity contribution in [1.29, 1.82) is 0 Å². The number of nitrogens with one attached hydrogen (secondary N) is 1. The summed E-state index contributed by atoms with van der Waals surface area (Å²) in [6, 6.07) is 8.99. The standard InChI is InChI=1S/C29H31ClN8O2/c1-6-40-26-20(13-21(30)16(2)23(26)19-7-8-22(33-14-19)29(39)37(4)5)17(3)38-28-24(27(31)34-15-35-28)25(36-38)18-9-11-32-12-10-18/h7-14,17,35H,6,15H2,1-5H3,(H2,31,34). The second-order valence-corrected chi connectivity index (χ2v) is 10.1. The predicted molar refractivity (Wildman–Crippen MR) is 157 cm³/mol. The Bertz CT molecular complexity index is 1600. The number of fused-ring (bicyclic) bond motifs is 1. The van der Waals surface area contributed by atoms with E-state index >= 15 is 0 Å². The molecule has 3 aromatic heterocycles. The number of halogens is 1. The van der Waals surface area contributed by atoms with Gasteiger partial charge in [-0.15, -0.1) is 0 Å². The van der Waals surface area contributed by atoms with Gasteiger partial charge in [-0.05, 0) is 50.6 Å². The number of pyridine rings is 2. The van der Waals surface area contributed by atoms with Gasteiger partial charge in [-0.2, -0.15) is 5.10 Å². The van der Waals surface area contributed by atoms with Gasteiger partial charge in [0.1, 0.15) is 35.5 Å². The van der Waals surface area contributed by atoms with Crippen molar-refractivity contribution in [2.24, 2.45) is 10.7 Å². The summed E-state index contributed by atoms with van der Waals surface area (Å²) >= 11 is 6.84. The molecule has 40 heavy (non-hydrogen) atoms. The molecule has 1 aliphatic rings. The highest BCUT2D eigenvalue weighted by atomic mass is 35.5. The van der Waals surface area contributed by atoms with Crippen molar-refractivity contribution in [3.8, 4) is 28.1 Å².